The molecule has 21 heavy (non-hydrogen) atoms. The van der Waals surface area contributed by atoms with E-state index in [1.54, 1.807) is 0 Å². The fraction of sp³-hybridized carbons (Fsp3) is 0.571. The second kappa shape index (κ2) is 5.54. The van der Waals surface area contributed by atoms with E-state index in [1.807, 2.05) is 6.92 Å². The predicted molar refractivity (Wildman–Crippen MR) is 70.9 cm³/mol. The van der Waals surface area contributed by atoms with Gasteiger partial charge >= 0.3 is 12.1 Å². The Hall–Kier alpha value is -1.79. The van der Waals surface area contributed by atoms with Crippen molar-refractivity contribution in [3.8, 4) is 0 Å². The summed E-state index contributed by atoms with van der Waals surface area (Å²) in [6.45, 7) is 1.90. The van der Waals surface area contributed by atoms with Gasteiger partial charge in [-0.1, -0.05) is 19.8 Å². The van der Waals surface area contributed by atoms with Crippen LogP contribution in [0.2, 0.25) is 0 Å². The van der Waals surface area contributed by atoms with E-state index in [0.717, 1.165) is 12.5 Å². The van der Waals surface area contributed by atoms with Gasteiger partial charge in [0.15, 0.2) is 0 Å². The van der Waals surface area contributed by atoms with Crippen molar-refractivity contribution in [2.75, 3.05) is 5.32 Å². The summed E-state index contributed by atoms with van der Waals surface area (Å²) in [4.78, 5) is 15.3. The number of nitrogens with one attached hydrogen (secondary N) is 1. The van der Waals surface area contributed by atoms with Crippen molar-refractivity contribution in [3.63, 3.8) is 0 Å². The number of hydrogen-bond acceptors (Lipinski definition) is 3. The molecule has 4 nitrogen and oxygen atoms in total. The molecule has 2 rings (SSSR count). The van der Waals surface area contributed by atoms with Gasteiger partial charge in [0.1, 0.15) is 11.4 Å². The van der Waals surface area contributed by atoms with Gasteiger partial charge in [0.2, 0.25) is 0 Å². The number of hydrogen-bond donors (Lipinski definition) is 2. The monoisotopic (exact) mass is 302 g/mol. The molecule has 1 heterocycles. The van der Waals surface area contributed by atoms with E-state index < -0.39 is 29.1 Å². The molecule has 1 saturated carbocycles. The fourth-order valence-corrected chi connectivity index (χ4v) is 2.87. The first-order valence-electron chi connectivity index (χ1n) is 6.78. The van der Waals surface area contributed by atoms with Crippen LogP contribution in [-0.2, 0) is 11.0 Å². The third-order valence-electron chi connectivity index (χ3n) is 3.88. The minimum atomic E-state index is -4.57. The lowest BCUT2D eigenvalue weighted by Gasteiger charge is -2.37. The van der Waals surface area contributed by atoms with Crippen LogP contribution < -0.4 is 5.32 Å². The first kappa shape index (κ1) is 15.6. The van der Waals surface area contributed by atoms with E-state index in [1.165, 1.54) is 12.3 Å². The lowest BCUT2D eigenvalue weighted by atomic mass is 9.76. The first-order chi connectivity index (χ1) is 9.74. The Balaban J connectivity index is 2.37. The van der Waals surface area contributed by atoms with Crippen molar-refractivity contribution in [3.05, 3.63) is 23.9 Å². The van der Waals surface area contributed by atoms with Crippen molar-refractivity contribution in [1.82, 2.24) is 4.98 Å². The second-order valence-corrected chi connectivity index (χ2v) is 5.61. The number of carboxylic acid groups (broad SMARTS) is 1. The number of carboxylic acids is 1. The Morgan fingerprint density at radius 2 is 2.24 bits per heavy atom. The molecule has 0 aliphatic heterocycles. The van der Waals surface area contributed by atoms with Gasteiger partial charge in [-0.2, -0.15) is 13.2 Å². The first-order valence-corrected chi connectivity index (χ1v) is 6.78. The summed E-state index contributed by atoms with van der Waals surface area (Å²) >= 11 is 0. The van der Waals surface area contributed by atoms with Crippen LogP contribution in [0.1, 0.15) is 38.2 Å². The standard InChI is InChI=1S/C14H17F3N2O2/c1-9-4-2-6-13(8-9,12(20)21)19-11-10(14(15,16)17)5-3-7-18-11/h3,5,7,9H,2,4,6,8H2,1H3,(H,18,19)(H,20,21). The average molecular weight is 302 g/mol. The zero-order valence-corrected chi connectivity index (χ0v) is 11.6. The highest BCUT2D eigenvalue weighted by Gasteiger charge is 2.44. The Bertz CT molecular complexity index is 533. The predicted octanol–water partition coefficient (Wildman–Crippen LogP) is 3.55. The SMILES string of the molecule is CC1CCCC(Nc2ncccc2C(F)(F)F)(C(=O)O)C1. The average Bonchev–Trinajstić information content (AvgIpc) is 2.38. The van der Waals surface area contributed by atoms with Gasteiger partial charge in [0, 0.05) is 6.20 Å². The highest BCUT2D eigenvalue weighted by Crippen LogP contribution is 2.39. The van der Waals surface area contributed by atoms with Crippen molar-refractivity contribution in [2.45, 2.75) is 44.3 Å². The zero-order chi connectivity index (χ0) is 15.7. The topological polar surface area (TPSA) is 62.2 Å². The van der Waals surface area contributed by atoms with Crippen LogP contribution in [0.3, 0.4) is 0 Å². The quantitative estimate of drug-likeness (QED) is 0.896. The van der Waals surface area contributed by atoms with Gasteiger partial charge in [-0.05, 0) is 30.9 Å². The minimum absolute atomic E-state index is 0.139. The minimum Gasteiger partial charge on any atom is -0.480 e. The number of aliphatic carboxylic acids is 1. The number of aromatic nitrogens is 1. The molecule has 1 aromatic heterocycles. The van der Waals surface area contributed by atoms with Crippen LogP contribution in [0.5, 0.6) is 0 Å². The number of anilines is 1. The lowest BCUT2D eigenvalue weighted by Crippen LogP contribution is -2.50. The highest BCUT2D eigenvalue weighted by atomic mass is 19.4. The van der Waals surface area contributed by atoms with E-state index in [4.69, 9.17) is 0 Å². The Labute approximate surface area is 120 Å². The maximum atomic E-state index is 13.0. The molecule has 1 aliphatic rings. The summed E-state index contributed by atoms with van der Waals surface area (Å²) in [5, 5.41) is 12.1. The highest BCUT2D eigenvalue weighted by molar-refractivity contribution is 5.83. The second-order valence-electron chi connectivity index (χ2n) is 5.61. The Morgan fingerprint density at radius 1 is 1.52 bits per heavy atom. The molecule has 0 spiro atoms. The molecule has 2 N–H and O–H groups in total. The number of alkyl halides is 3. The lowest BCUT2D eigenvalue weighted by molar-refractivity contribution is -0.144. The Morgan fingerprint density at radius 3 is 2.81 bits per heavy atom. The molecule has 1 aliphatic carbocycles. The van der Waals surface area contributed by atoms with Crippen LogP contribution in [0, 0.1) is 5.92 Å². The normalized spacial score (nSPS) is 26.4. The van der Waals surface area contributed by atoms with Crippen molar-refractivity contribution in [2.24, 2.45) is 5.92 Å². The summed E-state index contributed by atoms with van der Waals surface area (Å²) in [6.07, 6.45) is -1.23. The van der Waals surface area contributed by atoms with Gasteiger partial charge < -0.3 is 10.4 Å². The smallest absolute Gasteiger partial charge is 0.419 e. The molecule has 2 unspecified atom stereocenters. The molecule has 0 bridgehead atoms. The zero-order valence-electron chi connectivity index (χ0n) is 11.6. The van der Waals surface area contributed by atoms with E-state index in [-0.39, 0.29) is 12.3 Å². The summed E-state index contributed by atoms with van der Waals surface area (Å²) < 4.78 is 38.9. The third-order valence-corrected chi connectivity index (χ3v) is 3.88. The van der Waals surface area contributed by atoms with E-state index in [2.05, 4.69) is 10.3 Å². The number of nitrogens with zero attached hydrogens (tertiary/aromatic N) is 1. The van der Waals surface area contributed by atoms with Gasteiger partial charge in [0.05, 0.1) is 5.56 Å². The van der Waals surface area contributed by atoms with Crippen molar-refractivity contribution in [1.29, 1.82) is 0 Å². The van der Waals surface area contributed by atoms with E-state index >= 15 is 0 Å². The van der Waals surface area contributed by atoms with E-state index in [9.17, 15) is 23.1 Å². The van der Waals surface area contributed by atoms with E-state index in [0.29, 0.717) is 12.8 Å². The van der Waals surface area contributed by atoms with Crippen LogP contribution >= 0.6 is 0 Å². The Kier molecular flexibility index (Phi) is 4.11. The number of carbonyl (C=O) groups is 1. The molecule has 1 fully saturated rings. The molecule has 0 radical (unpaired) electrons. The number of halogens is 3. The fourth-order valence-electron chi connectivity index (χ4n) is 2.87. The van der Waals surface area contributed by atoms with Crippen LogP contribution in [-0.4, -0.2) is 21.6 Å². The van der Waals surface area contributed by atoms with Crippen LogP contribution in [0.25, 0.3) is 0 Å². The molecule has 2 atom stereocenters. The third kappa shape index (κ3) is 3.28. The van der Waals surface area contributed by atoms with Gasteiger partial charge in [-0.25, -0.2) is 9.78 Å². The molecular formula is C14H17F3N2O2. The molecule has 0 saturated heterocycles. The molecular weight excluding hydrogens is 285 g/mol. The summed E-state index contributed by atoms with van der Waals surface area (Å²) in [5.74, 6) is -1.41. The summed E-state index contributed by atoms with van der Waals surface area (Å²) in [6, 6.07) is 2.09. The van der Waals surface area contributed by atoms with Gasteiger partial charge in [-0.15, -0.1) is 0 Å². The van der Waals surface area contributed by atoms with Crippen LogP contribution in [0.15, 0.2) is 18.3 Å². The number of rotatable bonds is 3. The summed E-state index contributed by atoms with van der Waals surface area (Å²) in [5.41, 5.74) is -2.32. The molecule has 0 amide bonds. The largest absolute Gasteiger partial charge is 0.480 e. The van der Waals surface area contributed by atoms with Gasteiger partial charge in [-0.3, -0.25) is 0 Å². The summed E-state index contributed by atoms with van der Waals surface area (Å²) in [7, 11) is 0. The van der Waals surface area contributed by atoms with Crippen LogP contribution in [0.4, 0.5) is 19.0 Å². The van der Waals surface area contributed by atoms with Gasteiger partial charge in [0.25, 0.3) is 0 Å². The number of pyridine rings is 1. The maximum Gasteiger partial charge on any atom is 0.419 e. The molecule has 0 aromatic carbocycles. The van der Waals surface area contributed by atoms with Crippen molar-refractivity contribution >= 4 is 11.8 Å². The molecule has 1 aromatic rings. The molecule has 7 heteroatoms. The maximum absolute atomic E-state index is 13.0. The van der Waals surface area contributed by atoms with Crippen molar-refractivity contribution < 1.29 is 23.1 Å². The molecule has 116 valence electrons.